The highest BCUT2D eigenvalue weighted by molar-refractivity contribution is 5.67. The fourth-order valence-corrected chi connectivity index (χ4v) is 1.47. The molecule has 1 aromatic rings. The van der Waals surface area contributed by atoms with Crippen molar-refractivity contribution in [3.63, 3.8) is 0 Å². The van der Waals surface area contributed by atoms with E-state index in [1.807, 2.05) is 6.92 Å². The summed E-state index contributed by atoms with van der Waals surface area (Å²) in [4.78, 5) is 10.6. The van der Waals surface area contributed by atoms with Crippen LogP contribution >= 0.6 is 0 Å². The minimum Gasteiger partial charge on any atom is -0.481 e. The molecule has 0 saturated heterocycles. The van der Waals surface area contributed by atoms with Crippen LogP contribution in [0.3, 0.4) is 0 Å². The zero-order valence-electron chi connectivity index (χ0n) is 8.53. The minimum absolute atomic E-state index is 0.116. The van der Waals surface area contributed by atoms with Gasteiger partial charge in [0.1, 0.15) is 5.82 Å². The summed E-state index contributed by atoms with van der Waals surface area (Å²) in [7, 11) is 0. The standard InChI is InChI=1S/C11H14FNO2/c1-2-13-10(7-11(14)15)8-5-3-4-6-9(8)12/h3-6,10,13H,2,7H2,1H3,(H,14,15). The van der Waals surface area contributed by atoms with E-state index in [9.17, 15) is 9.18 Å². The fraction of sp³-hybridized carbons (Fsp3) is 0.364. The van der Waals surface area contributed by atoms with E-state index in [4.69, 9.17) is 5.11 Å². The van der Waals surface area contributed by atoms with Crippen LogP contribution < -0.4 is 5.32 Å². The Hall–Kier alpha value is -1.42. The molecule has 2 N–H and O–H groups in total. The van der Waals surface area contributed by atoms with E-state index in [-0.39, 0.29) is 12.2 Å². The van der Waals surface area contributed by atoms with E-state index in [0.717, 1.165) is 0 Å². The molecule has 0 aliphatic rings. The third kappa shape index (κ3) is 3.32. The van der Waals surface area contributed by atoms with E-state index in [1.165, 1.54) is 6.07 Å². The highest BCUT2D eigenvalue weighted by Crippen LogP contribution is 2.19. The Morgan fingerprint density at radius 3 is 2.73 bits per heavy atom. The molecule has 0 bridgehead atoms. The molecule has 3 nitrogen and oxygen atoms in total. The van der Waals surface area contributed by atoms with Crippen molar-refractivity contribution in [2.24, 2.45) is 0 Å². The van der Waals surface area contributed by atoms with Gasteiger partial charge in [-0.3, -0.25) is 4.79 Å². The van der Waals surface area contributed by atoms with Crippen LogP contribution in [0.1, 0.15) is 24.9 Å². The lowest BCUT2D eigenvalue weighted by Crippen LogP contribution is -2.24. The van der Waals surface area contributed by atoms with Crippen molar-refractivity contribution >= 4 is 5.97 Å². The topological polar surface area (TPSA) is 49.3 Å². The molecule has 0 radical (unpaired) electrons. The first kappa shape index (κ1) is 11.7. The second-order valence-electron chi connectivity index (χ2n) is 3.23. The van der Waals surface area contributed by atoms with E-state index in [1.54, 1.807) is 18.2 Å². The van der Waals surface area contributed by atoms with Gasteiger partial charge < -0.3 is 10.4 Å². The van der Waals surface area contributed by atoms with Crippen LogP contribution in [0.15, 0.2) is 24.3 Å². The second kappa shape index (κ2) is 5.46. The number of nitrogens with one attached hydrogen (secondary N) is 1. The van der Waals surface area contributed by atoms with E-state index >= 15 is 0 Å². The summed E-state index contributed by atoms with van der Waals surface area (Å²) in [6.07, 6.45) is -0.116. The van der Waals surface area contributed by atoms with Crippen molar-refractivity contribution in [1.29, 1.82) is 0 Å². The molecule has 15 heavy (non-hydrogen) atoms. The molecule has 4 heteroatoms. The normalized spacial score (nSPS) is 12.4. The molecule has 1 rings (SSSR count). The molecule has 0 fully saturated rings. The fourth-order valence-electron chi connectivity index (χ4n) is 1.47. The zero-order chi connectivity index (χ0) is 11.3. The van der Waals surface area contributed by atoms with E-state index in [2.05, 4.69) is 5.32 Å². The van der Waals surface area contributed by atoms with E-state index < -0.39 is 12.0 Å². The predicted molar refractivity (Wildman–Crippen MR) is 55.1 cm³/mol. The largest absolute Gasteiger partial charge is 0.481 e. The third-order valence-electron chi connectivity index (χ3n) is 2.11. The van der Waals surface area contributed by atoms with Gasteiger partial charge in [0.2, 0.25) is 0 Å². The highest BCUT2D eigenvalue weighted by Gasteiger charge is 2.17. The number of carboxylic acid groups (broad SMARTS) is 1. The number of carbonyl (C=O) groups is 1. The predicted octanol–water partition coefficient (Wildman–Crippen LogP) is 1.95. The maximum absolute atomic E-state index is 13.4. The monoisotopic (exact) mass is 211 g/mol. The summed E-state index contributed by atoms with van der Waals surface area (Å²) in [5.74, 6) is -1.31. The highest BCUT2D eigenvalue weighted by atomic mass is 19.1. The molecule has 0 amide bonds. The Morgan fingerprint density at radius 1 is 1.53 bits per heavy atom. The Kier molecular flexibility index (Phi) is 4.24. The maximum Gasteiger partial charge on any atom is 0.305 e. The SMILES string of the molecule is CCNC(CC(=O)O)c1ccccc1F. The molecule has 1 atom stereocenters. The lowest BCUT2D eigenvalue weighted by atomic mass is 10.0. The average Bonchev–Trinajstić information content (AvgIpc) is 2.17. The average molecular weight is 211 g/mol. The number of hydrogen-bond acceptors (Lipinski definition) is 2. The first-order valence-corrected chi connectivity index (χ1v) is 4.84. The zero-order valence-corrected chi connectivity index (χ0v) is 8.53. The van der Waals surface area contributed by atoms with Crippen LogP contribution in [0.5, 0.6) is 0 Å². The smallest absolute Gasteiger partial charge is 0.305 e. The summed E-state index contributed by atoms with van der Waals surface area (Å²) in [6, 6.07) is 5.76. The number of halogens is 1. The van der Waals surface area contributed by atoms with Gasteiger partial charge in [0, 0.05) is 11.6 Å². The molecule has 0 aromatic heterocycles. The molecular weight excluding hydrogens is 197 g/mol. The summed E-state index contributed by atoms with van der Waals surface area (Å²) in [5, 5.41) is 11.7. The quantitative estimate of drug-likeness (QED) is 0.782. The molecular formula is C11H14FNO2. The van der Waals surface area contributed by atoms with Crippen LogP contribution in [-0.4, -0.2) is 17.6 Å². The second-order valence-corrected chi connectivity index (χ2v) is 3.23. The number of hydrogen-bond donors (Lipinski definition) is 2. The summed E-state index contributed by atoms with van der Waals surface area (Å²) in [5.41, 5.74) is 0.404. The van der Waals surface area contributed by atoms with Crippen LogP contribution in [-0.2, 0) is 4.79 Å². The van der Waals surface area contributed by atoms with Crippen LogP contribution in [0.4, 0.5) is 4.39 Å². The van der Waals surface area contributed by atoms with Crippen molar-refractivity contribution < 1.29 is 14.3 Å². The van der Waals surface area contributed by atoms with Crippen molar-refractivity contribution in [2.45, 2.75) is 19.4 Å². The van der Waals surface area contributed by atoms with Gasteiger partial charge in [0.25, 0.3) is 0 Å². The summed E-state index contributed by atoms with van der Waals surface area (Å²) in [6.45, 7) is 2.46. The first-order valence-electron chi connectivity index (χ1n) is 4.84. The Balaban J connectivity index is 2.88. The third-order valence-corrected chi connectivity index (χ3v) is 2.11. The van der Waals surface area contributed by atoms with Gasteiger partial charge in [-0.05, 0) is 12.6 Å². The lowest BCUT2D eigenvalue weighted by Gasteiger charge is -2.16. The molecule has 1 unspecified atom stereocenters. The van der Waals surface area contributed by atoms with Crippen molar-refractivity contribution in [3.8, 4) is 0 Å². The van der Waals surface area contributed by atoms with Crippen LogP contribution in [0, 0.1) is 5.82 Å². The molecule has 0 spiro atoms. The molecule has 0 aliphatic heterocycles. The van der Waals surface area contributed by atoms with Gasteiger partial charge in [-0.2, -0.15) is 0 Å². The van der Waals surface area contributed by atoms with Crippen molar-refractivity contribution in [2.75, 3.05) is 6.54 Å². The molecule has 0 heterocycles. The van der Waals surface area contributed by atoms with Gasteiger partial charge >= 0.3 is 5.97 Å². The maximum atomic E-state index is 13.4. The number of rotatable bonds is 5. The molecule has 0 saturated carbocycles. The molecule has 82 valence electrons. The Labute approximate surface area is 87.9 Å². The van der Waals surface area contributed by atoms with E-state index in [0.29, 0.717) is 12.1 Å². The van der Waals surface area contributed by atoms with Gasteiger partial charge in [-0.25, -0.2) is 4.39 Å². The van der Waals surface area contributed by atoms with Crippen LogP contribution in [0.25, 0.3) is 0 Å². The number of carboxylic acids is 1. The number of benzene rings is 1. The lowest BCUT2D eigenvalue weighted by molar-refractivity contribution is -0.137. The Bertz CT molecular complexity index is 341. The van der Waals surface area contributed by atoms with Gasteiger partial charge in [0.15, 0.2) is 0 Å². The van der Waals surface area contributed by atoms with Gasteiger partial charge in [-0.1, -0.05) is 25.1 Å². The first-order chi connectivity index (χ1) is 7.15. The van der Waals surface area contributed by atoms with Gasteiger partial charge in [-0.15, -0.1) is 0 Å². The Morgan fingerprint density at radius 2 is 2.20 bits per heavy atom. The molecule has 0 aliphatic carbocycles. The summed E-state index contributed by atoms with van der Waals surface area (Å²) >= 11 is 0. The van der Waals surface area contributed by atoms with Crippen LogP contribution in [0.2, 0.25) is 0 Å². The minimum atomic E-state index is -0.941. The molecule has 1 aromatic carbocycles. The van der Waals surface area contributed by atoms with Gasteiger partial charge in [0.05, 0.1) is 6.42 Å². The van der Waals surface area contributed by atoms with Crippen molar-refractivity contribution in [1.82, 2.24) is 5.32 Å². The van der Waals surface area contributed by atoms with Crippen molar-refractivity contribution in [3.05, 3.63) is 35.6 Å². The summed E-state index contributed by atoms with van der Waals surface area (Å²) < 4.78 is 13.4. The number of aliphatic carboxylic acids is 1.